The average molecular weight is 419 g/mol. The van der Waals surface area contributed by atoms with Crippen molar-refractivity contribution in [1.29, 1.82) is 0 Å². The molecule has 29 heavy (non-hydrogen) atoms. The molecule has 0 unspecified atom stereocenters. The monoisotopic (exact) mass is 418 g/mol. The number of carbonyl (C=O) groups is 1. The molecule has 0 bridgehead atoms. The number of rotatable bonds is 9. The Balaban J connectivity index is 2.44. The largest absolute Gasteiger partial charge is 0.478 e. The summed E-state index contributed by atoms with van der Waals surface area (Å²) in [6, 6.07) is 8.32. The highest BCUT2D eigenvalue weighted by molar-refractivity contribution is 7.92. The third-order valence-corrected chi connectivity index (χ3v) is 6.54. The van der Waals surface area contributed by atoms with E-state index in [1.54, 1.807) is 26.0 Å². The summed E-state index contributed by atoms with van der Waals surface area (Å²) >= 11 is 0. The molecule has 0 amide bonds. The Morgan fingerprint density at radius 1 is 1.07 bits per heavy atom. The van der Waals surface area contributed by atoms with Crippen LogP contribution in [0.25, 0.3) is 0 Å². The van der Waals surface area contributed by atoms with Gasteiger partial charge in [-0.3, -0.25) is 4.72 Å². The minimum absolute atomic E-state index is 0.0838. The van der Waals surface area contributed by atoms with E-state index >= 15 is 0 Å². The molecule has 0 heterocycles. The van der Waals surface area contributed by atoms with Gasteiger partial charge in [-0.25, -0.2) is 13.2 Å². The SMILES string of the molecule is CCCCN(CC)c1ccc(NS(=O)(=O)c2c(C)cc(C)cc2C)cc1C(=O)O. The quantitative estimate of drug-likeness (QED) is 0.614. The lowest BCUT2D eigenvalue weighted by Crippen LogP contribution is -2.26. The van der Waals surface area contributed by atoms with Crippen LogP contribution in [0.2, 0.25) is 0 Å². The predicted octanol–water partition coefficient (Wildman–Crippen LogP) is 4.74. The van der Waals surface area contributed by atoms with E-state index < -0.39 is 16.0 Å². The number of carboxylic acids is 1. The fourth-order valence-electron chi connectivity index (χ4n) is 3.64. The molecule has 0 aliphatic rings. The topological polar surface area (TPSA) is 86.7 Å². The van der Waals surface area contributed by atoms with E-state index in [0.29, 0.717) is 23.4 Å². The number of nitrogens with one attached hydrogen (secondary N) is 1. The number of unbranched alkanes of at least 4 members (excludes halogenated alkanes) is 1. The van der Waals surface area contributed by atoms with Crippen LogP contribution in [0.15, 0.2) is 35.2 Å². The van der Waals surface area contributed by atoms with E-state index in [1.807, 2.05) is 30.9 Å². The van der Waals surface area contributed by atoms with Crippen molar-refractivity contribution >= 4 is 27.4 Å². The zero-order chi connectivity index (χ0) is 21.8. The van der Waals surface area contributed by atoms with Crippen LogP contribution in [0.1, 0.15) is 53.7 Å². The minimum Gasteiger partial charge on any atom is -0.478 e. The number of benzene rings is 2. The lowest BCUT2D eigenvalue weighted by atomic mass is 10.1. The number of carboxylic acid groups (broad SMARTS) is 1. The second-order valence-corrected chi connectivity index (χ2v) is 8.92. The van der Waals surface area contributed by atoms with Crippen LogP contribution >= 0.6 is 0 Å². The molecule has 2 rings (SSSR count). The first-order valence-corrected chi connectivity index (χ1v) is 11.3. The van der Waals surface area contributed by atoms with Gasteiger partial charge in [-0.05, 0) is 63.4 Å². The highest BCUT2D eigenvalue weighted by Crippen LogP contribution is 2.28. The fourth-order valence-corrected chi connectivity index (χ4v) is 5.15. The minimum atomic E-state index is -3.84. The molecule has 0 aliphatic carbocycles. The molecule has 2 aromatic carbocycles. The van der Waals surface area contributed by atoms with Gasteiger partial charge in [0.05, 0.1) is 16.1 Å². The average Bonchev–Trinajstić information content (AvgIpc) is 2.61. The maximum Gasteiger partial charge on any atom is 0.337 e. The van der Waals surface area contributed by atoms with E-state index in [0.717, 1.165) is 24.9 Å². The van der Waals surface area contributed by atoms with Crippen LogP contribution in [0.3, 0.4) is 0 Å². The summed E-state index contributed by atoms with van der Waals surface area (Å²) in [5, 5.41) is 9.69. The summed E-state index contributed by atoms with van der Waals surface area (Å²) in [5.74, 6) is -1.08. The van der Waals surface area contributed by atoms with Crippen molar-refractivity contribution in [3.05, 3.63) is 52.6 Å². The number of aromatic carboxylic acids is 1. The third-order valence-electron chi connectivity index (χ3n) is 4.86. The second kappa shape index (κ2) is 9.31. The Morgan fingerprint density at radius 3 is 2.21 bits per heavy atom. The standard InChI is InChI=1S/C22H30N2O4S/c1-6-8-11-24(7-2)20-10-9-18(14-19(20)22(25)26)23-29(27,28)21-16(4)12-15(3)13-17(21)5/h9-10,12-14,23H,6-8,11H2,1-5H3,(H,25,26). The number of nitrogens with zero attached hydrogens (tertiary/aromatic N) is 1. The first-order chi connectivity index (χ1) is 13.6. The molecule has 0 spiro atoms. The Hall–Kier alpha value is -2.54. The van der Waals surface area contributed by atoms with Gasteiger partial charge in [-0.15, -0.1) is 0 Å². The van der Waals surface area contributed by atoms with Gasteiger partial charge < -0.3 is 10.0 Å². The summed E-state index contributed by atoms with van der Waals surface area (Å²) in [6.07, 6.45) is 1.96. The van der Waals surface area contributed by atoms with Crippen LogP contribution < -0.4 is 9.62 Å². The Morgan fingerprint density at radius 2 is 1.69 bits per heavy atom. The molecule has 2 N–H and O–H groups in total. The maximum atomic E-state index is 13.0. The van der Waals surface area contributed by atoms with Crippen molar-refractivity contribution in [3.63, 3.8) is 0 Å². The Labute approximate surface area is 173 Å². The van der Waals surface area contributed by atoms with Crippen molar-refractivity contribution in [2.75, 3.05) is 22.7 Å². The molecule has 0 atom stereocenters. The van der Waals surface area contributed by atoms with Crippen molar-refractivity contribution in [2.24, 2.45) is 0 Å². The first-order valence-electron chi connectivity index (χ1n) is 9.83. The highest BCUT2D eigenvalue weighted by atomic mass is 32.2. The Bertz CT molecular complexity index is 977. The molecule has 0 fully saturated rings. The smallest absolute Gasteiger partial charge is 0.337 e. The number of hydrogen-bond acceptors (Lipinski definition) is 4. The van der Waals surface area contributed by atoms with Crippen molar-refractivity contribution in [1.82, 2.24) is 0 Å². The van der Waals surface area contributed by atoms with Crippen LogP contribution in [-0.4, -0.2) is 32.6 Å². The number of anilines is 2. The van der Waals surface area contributed by atoms with E-state index in [1.165, 1.54) is 6.07 Å². The van der Waals surface area contributed by atoms with Gasteiger partial charge in [0.15, 0.2) is 0 Å². The van der Waals surface area contributed by atoms with E-state index in [4.69, 9.17) is 0 Å². The molecule has 2 aromatic rings. The summed E-state index contributed by atoms with van der Waals surface area (Å²) in [6.45, 7) is 10.9. The molecular weight excluding hydrogens is 388 g/mol. The van der Waals surface area contributed by atoms with Crippen LogP contribution in [0, 0.1) is 20.8 Å². The van der Waals surface area contributed by atoms with E-state index in [-0.39, 0.29) is 16.1 Å². The number of sulfonamides is 1. The van der Waals surface area contributed by atoms with E-state index in [9.17, 15) is 18.3 Å². The summed E-state index contributed by atoms with van der Waals surface area (Å²) < 4.78 is 28.5. The van der Waals surface area contributed by atoms with Crippen molar-refractivity contribution in [3.8, 4) is 0 Å². The van der Waals surface area contributed by atoms with Gasteiger partial charge in [-0.1, -0.05) is 31.0 Å². The zero-order valence-electron chi connectivity index (χ0n) is 17.7. The molecule has 0 radical (unpaired) electrons. The van der Waals surface area contributed by atoms with Gasteiger partial charge in [0.25, 0.3) is 10.0 Å². The third kappa shape index (κ3) is 5.29. The Kier molecular flexibility index (Phi) is 7.30. The normalized spacial score (nSPS) is 11.3. The number of aryl methyl sites for hydroxylation is 3. The lowest BCUT2D eigenvalue weighted by Gasteiger charge is -2.25. The summed E-state index contributed by atoms with van der Waals surface area (Å²) in [4.78, 5) is 14.1. The van der Waals surface area contributed by atoms with Gasteiger partial charge in [0.2, 0.25) is 0 Å². The molecule has 158 valence electrons. The summed E-state index contributed by atoms with van der Waals surface area (Å²) in [7, 11) is -3.84. The molecule has 0 aliphatic heterocycles. The highest BCUT2D eigenvalue weighted by Gasteiger charge is 2.22. The zero-order valence-corrected chi connectivity index (χ0v) is 18.6. The van der Waals surface area contributed by atoms with Crippen LogP contribution in [0.5, 0.6) is 0 Å². The van der Waals surface area contributed by atoms with Gasteiger partial charge in [-0.2, -0.15) is 0 Å². The number of hydrogen-bond donors (Lipinski definition) is 2. The fraction of sp³-hybridized carbons (Fsp3) is 0.409. The van der Waals surface area contributed by atoms with E-state index in [2.05, 4.69) is 11.6 Å². The van der Waals surface area contributed by atoms with Crippen LogP contribution in [-0.2, 0) is 10.0 Å². The second-order valence-electron chi connectivity index (χ2n) is 7.30. The molecule has 0 saturated carbocycles. The molecule has 0 aromatic heterocycles. The van der Waals surface area contributed by atoms with Gasteiger partial charge in [0, 0.05) is 18.8 Å². The maximum absolute atomic E-state index is 13.0. The van der Waals surface area contributed by atoms with Crippen LogP contribution in [0.4, 0.5) is 11.4 Å². The molecule has 6 nitrogen and oxygen atoms in total. The van der Waals surface area contributed by atoms with Gasteiger partial charge in [0.1, 0.15) is 0 Å². The molecule has 7 heteroatoms. The van der Waals surface area contributed by atoms with Crippen molar-refractivity contribution < 1.29 is 18.3 Å². The predicted molar refractivity (Wildman–Crippen MR) is 118 cm³/mol. The lowest BCUT2D eigenvalue weighted by molar-refractivity contribution is 0.0697. The summed E-state index contributed by atoms with van der Waals surface area (Å²) in [5.41, 5.74) is 3.21. The molecular formula is C22H30N2O4S. The first kappa shape index (κ1) is 22.7. The van der Waals surface area contributed by atoms with Gasteiger partial charge >= 0.3 is 5.97 Å². The molecule has 0 saturated heterocycles. The van der Waals surface area contributed by atoms with Crippen molar-refractivity contribution in [2.45, 2.75) is 52.4 Å².